The minimum atomic E-state index is 0.319. The summed E-state index contributed by atoms with van der Waals surface area (Å²) >= 11 is 0. The van der Waals surface area contributed by atoms with Crippen LogP contribution in [0.4, 0.5) is 0 Å². The van der Waals surface area contributed by atoms with Crippen molar-refractivity contribution in [2.24, 2.45) is 4.99 Å². The van der Waals surface area contributed by atoms with Gasteiger partial charge in [-0.3, -0.25) is 4.99 Å². The van der Waals surface area contributed by atoms with E-state index in [1.165, 1.54) is 11.1 Å². The number of guanidine groups is 1. The fourth-order valence-corrected chi connectivity index (χ4v) is 3.42. The third-order valence-corrected chi connectivity index (χ3v) is 5.14. The lowest BCUT2D eigenvalue weighted by Gasteiger charge is -2.26. The highest BCUT2D eigenvalue weighted by atomic mass is 15.4. The summed E-state index contributed by atoms with van der Waals surface area (Å²) in [5.74, 6) is 3.69. The molecule has 1 aliphatic rings. The molecule has 0 amide bonds. The first-order chi connectivity index (χ1) is 13.0. The number of hydrogen-bond donors (Lipinski definition) is 2. The lowest BCUT2D eigenvalue weighted by Crippen LogP contribution is -2.47. The van der Waals surface area contributed by atoms with Crippen molar-refractivity contribution in [1.29, 1.82) is 0 Å². The summed E-state index contributed by atoms with van der Waals surface area (Å²) in [6.07, 6.45) is 2.00. The highest BCUT2D eigenvalue weighted by Crippen LogP contribution is 2.17. The first-order valence-corrected chi connectivity index (χ1v) is 9.93. The van der Waals surface area contributed by atoms with Gasteiger partial charge in [0.05, 0.1) is 6.54 Å². The smallest absolute Gasteiger partial charge is 0.191 e. The van der Waals surface area contributed by atoms with Crippen LogP contribution < -0.4 is 10.6 Å². The number of nitrogens with one attached hydrogen (secondary N) is 2. The van der Waals surface area contributed by atoms with E-state index in [4.69, 9.17) is 0 Å². The van der Waals surface area contributed by atoms with E-state index in [2.05, 4.69) is 82.4 Å². The minimum Gasteiger partial charge on any atom is -0.356 e. The summed E-state index contributed by atoms with van der Waals surface area (Å²) in [5, 5.41) is 11.7. The second kappa shape index (κ2) is 8.55. The molecule has 0 saturated carbocycles. The van der Waals surface area contributed by atoms with Gasteiger partial charge >= 0.3 is 0 Å². The predicted octanol–water partition coefficient (Wildman–Crippen LogP) is 2.99. The Labute approximate surface area is 162 Å². The van der Waals surface area contributed by atoms with Crippen LogP contribution in [0.1, 0.15) is 61.8 Å². The first-order valence-electron chi connectivity index (χ1n) is 9.93. The molecule has 3 rings (SSSR count). The molecule has 2 N–H and O–H groups in total. The van der Waals surface area contributed by atoms with Gasteiger partial charge in [-0.15, -0.1) is 0 Å². The summed E-state index contributed by atoms with van der Waals surface area (Å²) in [4.78, 5) is 9.07. The van der Waals surface area contributed by atoms with E-state index in [1.807, 2.05) is 7.05 Å². The van der Waals surface area contributed by atoms with E-state index in [-0.39, 0.29) is 0 Å². The number of aryl methyl sites for hydroxylation is 2. The molecule has 6 nitrogen and oxygen atoms in total. The molecule has 2 atom stereocenters. The van der Waals surface area contributed by atoms with Gasteiger partial charge < -0.3 is 10.6 Å². The zero-order chi connectivity index (χ0) is 19.4. The number of aliphatic imine (C=N–C) groups is 1. The minimum absolute atomic E-state index is 0.319. The molecule has 2 unspecified atom stereocenters. The van der Waals surface area contributed by atoms with Crippen LogP contribution in [0.5, 0.6) is 0 Å². The van der Waals surface area contributed by atoms with E-state index < -0.39 is 0 Å². The third kappa shape index (κ3) is 4.87. The van der Waals surface area contributed by atoms with Crippen molar-refractivity contribution >= 4 is 5.96 Å². The number of aromatic nitrogens is 3. The molecule has 0 fully saturated rings. The molecule has 0 aliphatic carbocycles. The van der Waals surface area contributed by atoms with Gasteiger partial charge in [0.25, 0.3) is 0 Å². The maximum absolute atomic E-state index is 4.66. The van der Waals surface area contributed by atoms with Crippen molar-refractivity contribution < 1.29 is 0 Å². The summed E-state index contributed by atoms with van der Waals surface area (Å²) < 4.78 is 2.05. The van der Waals surface area contributed by atoms with Crippen molar-refractivity contribution in [1.82, 2.24) is 25.4 Å². The normalized spacial score (nSPS) is 18.3. The fraction of sp³-hybridized carbons (Fsp3) is 0.571. The van der Waals surface area contributed by atoms with Gasteiger partial charge in [0.2, 0.25) is 0 Å². The Kier molecular flexibility index (Phi) is 6.14. The molecule has 0 bridgehead atoms. The van der Waals surface area contributed by atoms with E-state index in [0.29, 0.717) is 17.9 Å². The summed E-state index contributed by atoms with van der Waals surface area (Å²) in [7, 11) is 1.83. The van der Waals surface area contributed by atoms with Gasteiger partial charge in [0.1, 0.15) is 5.82 Å². The van der Waals surface area contributed by atoms with Gasteiger partial charge in [-0.05, 0) is 24.8 Å². The van der Waals surface area contributed by atoms with Crippen molar-refractivity contribution in [3.63, 3.8) is 0 Å². The second-order valence-electron chi connectivity index (χ2n) is 7.87. The molecule has 1 aromatic heterocycles. The summed E-state index contributed by atoms with van der Waals surface area (Å²) in [5.41, 5.74) is 2.65. The molecule has 1 aromatic carbocycles. The van der Waals surface area contributed by atoms with E-state index in [9.17, 15) is 0 Å². The second-order valence-corrected chi connectivity index (χ2v) is 7.87. The molecule has 0 radical (unpaired) electrons. The highest BCUT2D eigenvalue weighted by Gasteiger charge is 2.23. The van der Waals surface area contributed by atoms with Gasteiger partial charge in [0, 0.05) is 32.0 Å². The van der Waals surface area contributed by atoms with E-state index >= 15 is 0 Å². The van der Waals surface area contributed by atoms with Crippen LogP contribution in [0, 0.1) is 6.92 Å². The van der Waals surface area contributed by atoms with Gasteiger partial charge in [-0.2, -0.15) is 5.10 Å². The Morgan fingerprint density at radius 3 is 2.85 bits per heavy atom. The van der Waals surface area contributed by atoms with Crippen LogP contribution in [0.2, 0.25) is 0 Å². The van der Waals surface area contributed by atoms with Crippen molar-refractivity contribution in [3.8, 4) is 0 Å². The maximum atomic E-state index is 4.66. The van der Waals surface area contributed by atoms with Crippen molar-refractivity contribution in [3.05, 3.63) is 47.0 Å². The number of fused-ring (bicyclic) bond motifs is 1. The largest absolute Gasteiger partial charge is 0.356 e. The summed E-state index contributed by atoms with van der Waals surface area (Å²) in [6.45, 7) is 10.3. The Balaban J connectivity index is 1.54. The van der Waals surface area contributed by atoms with Crippen molar-refractivity contribution in [2.45, 2.75) is 65.0 Å². The third-order valence-electron chi connectivity index (χ3n) is 5.14. The van der Waals surface area contributed by atoms with Crippen LogP contribution in [-0.4, -0.2) is 40.4 Å². The molecule has 2 aromatic rings. The van der Waals surface area contributed by atoms with Gasteiger partial charge in [0.15, 0.2) is 11.8 Å². The maximum Gasteiger partial charge on any atom is 0.191 e. The standard InChI is InChI=1S/C21H32N6/c1-14(2)20-25-19-10-9-18(13-27(19)26-20)24-21(22-5)23-12-16(4)17-8-6-7-15(3)11-17/h6-8,11,14,16,18H,9-10,12-13H2,1-5H3,(H2,22,23,24). The lowest BCUT2D eigenvalue weighted by atomic mass is 9.99. The molecular formula is C21H32N6. The van der Waals surface area contributed by atoms with Gasteiger partial charge in [-0.1, -0.05) is 50.6 Å². The zero-order valence-electron chi connectivity index (χ0n) is 17.2. The Bertz CT molecular complexity index is 792. The predicted molar refractivity (Wildman–Crippen MR) is 110 cm³/mol. The Morgan fingerprint density at radius 2 is 2.15 bits per heavy atom. The number of nitrogens with zero attached hydrogens (tertiary/aromatic N) is 4. The van der Waals surface area contributed by atoms with Gasteiger partial charge in [-0.25, -0.2) is 9.67 Å². The average Bonchev–Trinajstić information content (AvgIpc) is 3.08. The number of hydrogen-bond acceptors (Lipinski definition) is 3. The topological polar surface area (TPSA) is 67.1 Å². The average molecular weight is 369 g/mol. The van der Waals surface area contributed by atoms with E-state index in [1.54, 1.807) is 0 Å². The van der Waals surface area contributed by atoms with Crippen LogP contribution in [0.25, 0.3) is 0 Å². The quantitative estimate of drug-likeness (QED) is 0.629. The molecule has 1 aliphatic heterocycles. The lowest BCUT2D eigenvalue weighted by molar-refractivity contribution is 0.391. The van der Waals surface area contributed by atoms with E-state index in [0.717, 1.165) is 43.5 Å². The highest BCUT2D eigenvalue weighted by molar-refractivity contribution is 5.80. The molecule has 6 heteroatoms. The Hall–Kier alpha value is -2.37. The molecule has 146 valence electrons. The van der Waals surface area contributed by atoms with Crippen LogP contribution in [0.15, 0.2) is 29.3 Å². The SMILES string of the molecule is CN=C(NCC(C)c1cccc(C)c1)NC1CCc2nc(C(C)C)nn2C1. The zero-order valence-corrected chi connectivity index (χ0v) is 17.2. The van der Waals surface area contributed by atoms with Crippen LogP contribution in [-0.2, 0) is 13.0 Å². The van der Waals surface area contributed by atoms with Crippen LogP contribution >= 0.6 is 0 Å². The molecular weight excluding hydrogens is 336 g/mol. The molecule has 2 heterocycles. The van der Waals surface area contributed by atoms with Crippen LogP contribution in [0.3, 0.4) is 0 Å². The molecule has 0 spiro atoms. The van der Waals surface area contributed by atoms with Crippen molar-refractivity contribution in [2.75, 3.05) is 13.6 Å². The monoisotopic (exact) mass is 368 g/mol. The first kappa shape index (κ1) is 19.4. The molecule has 27 heavy (non-hydrogen) atoms. The number of benzene rings is 1. The molecule has 0 saturated heterocycles. The Morgan fingerprint density at radius 1 is 1.33 bits per heavy atom. The fourth-order valence-electron chi connectivity index (χ4n) is 3.42. The summed E-state index contributed by atoms with van der Waals surface area (Å²) in [6, 6.07) is 9.02. The number of rotatable bonds is 5.